The summed E-state index contributed by atoms with van der Waals surface area (Å²) in [5.74, 6) is 1.16. The Morgan fingerprint density at radius 3 is 2.79 bits per heavy atom. The molecular formula is C12H27N3O2S2. The molecule has 7 heteroatoms. The van der Waals surface area contributed by atoms with Crippen LogP contribution in [-0.4, -0.2) is 57.0 Å². The Bertz CT molecular complexity index is 330. The van der Waals surface area contributed by atoms with Crippen molar-refractivity contribution in [2.75, 3.05) is 39.0 Å². The molecule has 0 aromatic heterocycles. The van der Waals surface area contributed by atoms with Gasteiger partial charge in [-0.2, -0.15) is 24.5 Å². The number of hydrogen-bond acceptors (Lipinski definition) is 4. The van der Waals surface area contributed by atoms with Gasteiger partial charge in [-0.3, -0.25) is 0 Å². The highest BCUT2D eigenvalue weighted by molar-refractivity contribution is 8.00. The van der Waals surface area contributed by atoms with E-state index in [-0.39, 0.29) is 0 Å². The van der Waals surface area contributed by atoms with E-state index < -0.39 is 10.2 Å². The molecule has 1 rings (SSSR count). The number of thioether (sulfide) groups is 1. The van der Waals surface area contributed by atoms with Crippen molar-refractivity contribution in [1.29, 1.82) is 0 Å². The lowest BCUT2D eigenvalue weighted by molar-refractivity contribution is 0.444. The maximum absolute atomic E-state index is 12.0. The van der Waals surface area contributed by atoms with Gasteiger partial charge in [-0.25, -0.2) is 4.72 Å². The van der Waals surface area contributed by atoms with Crippen LogP contribution in [-0.2, 0) is 10.2 Å². The highest BCUT2D eigenvalue weighted by Gasteiger charge is 2.21. The van der Waals surface area contributed by atoms with Gasteiger partial charge in [0.15, 0.2) is 0 Å². The minimum absolute atomic E-state index is 0.453. The lowest BCUT2D eigenvalue weighted by atomic mass is 10.2. The van der Waals surface area contributed by atoms with Crippen LogP contribution in [0.5, 0.6) is 0 Å². The second kappa shape index (κ2) is 9.18. The van der Waals surface area contributed by atoms with Gasteiger partial charge in [-0.15, -0.1) is 0 Å². The van der Waals surface area contributed by atoms with Gasteiger partial charge in [0.25, 0.3) is 10.2 Å². The Hall–Kier alpha value is 0.180. The molecule has 5 nitrogen and oxygen atoms in total. The van der Waals surface area contributed by atoms with E-state index in [2.05, 4.69) is 17.0 Å². The van der Waals surface area contributed by atoms with E-state index in [1.54, 1.807) is 7.05 Å². The van der Waals surface area contributed by atoms with E-state index in [1.165, 1.54) is 10.7 Å². The van der Waals surface area contributed by atoms with Crippen LogP contribution in [0.15, 0.2) is 0 Å². The average molecular weight is 310 g/mol. The summed E-state index contributed by atoms with van der Waals surface area (Å²) in [6, 6.07) is 0. The van der Waals surface area contributed by atoms with Crippen LogP contribution in [0.1, 0.15) is 32.6 Å². The molecule has 1 saturated heterocycles. The number of nitrogens with zero attached hydrogens (tertiary/aromatic N) is 1. The molecule has 1 unspecified atom stereocenters. The van der Waals surface area contributed by atoms with Gasteiger partial charge in [-0.1, -0.05) is 6.92 Å². The fourth-order valence-corrected chi connectivity index (χ4v) is 4.27. The Labute approximate surface area is 122 Å². The highest BCUT2D eigenvalue weighted by Crippen LogP contribution is 2.25. The Balaban J connectivity index is 2.18. The number of rotatable bonds is 10. The van der Waals surface area contributed by atoms with Crippen molar-refractivity contribution in [1.82, 2.24) is 14.3 Å². The second-order valence-electron chi connectivity index (χ2n) is 4.91. The van der Waals surface area contributed by atoms with Crippen molar-refractivity contribution in [3.05, 3.63) is 0 Å². The summed E-state index contributed by atoms with van der Waals surface area (Å²) in [5, 5.41) is 3.73. The quantitative estimate of drug-likeness (QED) is 0.592. The van der Waals surface area contributed by atoms with E-state index in [4.69, 9.17) is 0 Å². The maximum atomic E-state index is 12.0. The zero-order chi connectivity index (χ0) is 14.1. The minimum atomic E-state index is -3.30. The van der Waals surface area contributed by atoms with Crippen LogP contribution in [0.2, 0.25) is 0 Å². The first-order valence-corrected chi connectivity index (χ1v) is 9.58. The molecular weight excluding hydrogens is 282 g/mol. The molecule has 19 heavy (non-hydrogen) atoms. The van der Waals surface area contributed by atoms with Gasteiger partial charge in [-0.05, 0) is 44.5 Å². The van der Waals surface area contributed by atoms with Crippen molar-refractivity contribution in [3.63, 3.8) is 0 Å². The third-order valence-corrected chi connectivity index (χ3v) is 6.11. The Kier molecular flexibility index (Phi) is 8.32. The van der Waals surface area contributed by atoms with Crippen molar-refractivity contribution in [2.45, 2.75) is 37.9 Å². The summed E-state index contributed by atoms with van der Waals surface area (Å²) in [5.41, 5.74) is 0. The van der Waals surface area contributed by atoms with E-state index in [0.717, 1.165) is 38.1 Å². The SMILES string of the molecule is CCCNCCCN(C)S(=O)(=O)NCC1CCCS1. The summed E-state index contributed by atoms with van der Waals surface area (Å²) in [6.07, 6.45) is 4.28. The third kappa shape index (κ3) is 6.94. The van der Waals surface area contributed by atoms with Crippen LogP contribution in [0.25, 0.3) is 0 Å². The summed E-state index contributed by atoms with van der Waals surface area (Å²) in [4.78, 5) is 0. The molecule has 114 valence electrons. The Morgan fingerprint density at radius 2 is 2.16 bits per heavy atom. The van der Waals surface area contributed by atoms with Crippen LogP contribution >= 0.6 is 11.8 Å². The topological polar surface area (TPSA) is 61.4 Å². The molecule has 1 aliphatic rings. The molecule has 1 aliphatic heterocycles. The molecule has 2 N–H and O–H groups in total. The highest BCUT2D eigenvalue weighted by atomic mass is 32.2. The van der Waals surface area contributed by atoms with Crippen molar-refractivity contribution in [3.8, 4) is 0 Å². The lowest BCUT2D eigenvalue weighted by Gasteiger charge is -2.19. The van der Waals surface area contributed by atoms with Gasteiger partial charge in [0.05, 0.1) is 0 Å². The molecule has 0 spiro atoms. The smallest absolute Gasteiger partial charge is 0.279 e. The van der Waals surface area contributed by atoms with Gasteiger partial charge in [0.1, 0.15) is 0 Å². The maximum Gasteiger partial charge on any atom is 0.279 e. The van der Waals surface area contributed by atoms with Crippen LogP contribution in [0.4, 0.5) is 0 Å². The van der Waals surface area contributed by atoms with Crippen LogP contribution < -0.4 is 10.0 Å². The molecule has 0 amide bonds. The van der Waals surface area contributed by atoms with Crippen LogP contribution in [0, 0.1) is 0 Å². The van der Waals surface area contributed by atoms with Crippen molar-refractivity contribution in [2.24, 2.45) is 0 Å². The lowest BCUT2D eigenvalue weighted by Crippen LogP contribution is -2.41. The first-order chi connectivity index (χ1) is 9.06. The second-order valence-corrected chi connectivity index (χ2v) is 8.18. The summed E-state index contributed by atoms with van der Waals surface area (Å²) in [7, 11) is -1.66. The zero-order valence-corrected chi connectivity index (χ0v) is 13.7. The molecule has 1 atom stereocenters. The fourth-order valence-electron chi connectivity index (χ4n) is 1.96. The largest absolute Gasteiger partial charge is 0.317 e. The normalized spacial score (nSPS) is 20.3. The monoisotopic (exact) mass is 309 g/mol. The molecule has 1 fully saturated rings. The predicted octanol–water partition coefficient (Wildman–Crippen LogP) is 1.04. The minimum Gasteiger partial charge on any atom is -0.317 e. The molecule has 0 aliphatic carbocycles. The number of nitrogens with one attached hydrogen (secondary N) is 2. The van der Waals surface area contributed by atoms with E-state index in [0.29, 0.717) is 18.3 Å². The summed E-state index contributed by atoms with van der Waals surface area (Å²) >= 11 is 1.87. The zero-order valence-electron chi connectivity index (χ0n) is 12.0. The van der Waals surface area contributed by atoms with Crippen molar-refractivity contribution >= 4 is 22.0 Å². The van der Waals surface area contributed by atoms with E-state index >= 15 is 0 Å². The number of hydrogen-bond donors (Lipinski definition) is 2. The van der Waals surface area contributed by atoms with E-state index in [9.17, 15) is 8.42 Å². The van der Waals surface area contributed by atoms with Crippen LogP contribution in [0.3, 0.4) is 0 Å². The average Bonchev–Trinajstić information content (AvgIpc) is 2.89. The third-order valence-electron chi connectivity index (χ3n) is 3.18. The molecule has 0 saturated carbocycles. The fraction of sp³-hybridized carbons (Fsp3) is 1.00. The molecule has 0 bridgehead atoms. The Morgan fingerprint density at radius 1 is 1.37 bits per heavy atom. The van der Waals surface area contributed by atoms with Gasteiger partial charge >= 0.3 is 0 Å². The molecule has 0 aromatic carbocycles. The predicted molar refractivity (Wildman–Crippen MR) is 82.8 cm³/mol. The van der Waals surface area contributed by atoms with E-state index in [1.807, 2.05) is 11.8 Å². The summed E-state index contributed by atoms with van der Waals surface area (Å²) < 4.78 is 28.1. The molecule has 0 radical (unpaired) electrons. The molecule has 0 aromatic rings. The standard InChI is InChI=1S/C12H27N3O2S2/c1-3-7-13-8-5-9-15(2)19(16,17)14-11-12-6-4-10-18-12/h12-14H,3-11H2,1-2H3. The van der Waals surface area contributed by atoms with Gasteiger partial charge in [0, 0.05) is 25.4 Å². The van der Waals surface area contributed by atoms with Gasteiger partial charge in [0.2, 0.25) is 0 Å². The van der Waals surface area contributed by atoms with Gasteiger partial charge < -0.3 is 5.32 Å². The van der Waals surface area contributed by atoms with Crippen molar-refractivity contribution < 1.29 is 8.42 Å². The first kappa shape index (κ1) is 17.2. The summed E-state index contributed by atoms with van der Waals surface area (Å²) in [6.45, 7) is 5.10. The first-order valence-electron chi connectivity index (χ1n) is 7.09. The molecule has 1 heterocycles.